The molecule has 96 valence electrons. The van der Waals surface area contributed by atoms with Crippen LogP contribution in [0.5, 0.6) is 0 Å². The zero-order valence-corrected chi connectivity index (χ0v) is 10.9. The van der Waals surface area contributed by atoms with E-state index in [-0.39, 0.29) is 12.0 Å². The van der Waals surface area contributed by atoms with E-state index < -0.39 is 6.04 Å². The summed E-state index contributed by atoms with van der Waals surface area (Å²) in [6, 6.07) is -0.232. The summed E-state index contributed by atoms with van der Waals surface area (Å²) in [6.07, 6.45) is 3.58. The Balaban J connectivity index is 2.84. The second-order valence-electron chi connectivity index (χ2n) is 4.14. The molecule has 17 heavy (non-hydrogen) atoms. The van der Waals surface area contributed by atoms with Gasteiger partial charge in [0.1, 0.15) is 6.04 Å². The van der Waals surface area contributed by atoms with Crippen LogP contribution in [0.3, 0.4) is 0 Å². The summed E-state index contributed by atoms with van der Waals surface area (Å²) in [5.41, 5.74) is 0.846. The van der Waals surface area contributed by atoms with Gasteiger partial charge in [0.05, 0.1) is 12.8 Å². The van der Waals surface area contributed by atoms with Crippen LogP contribution in [-0.2, 0) is 16.1 Å². The molecule has 0 aliphatic heterocycles. The molecule has 5 nitrogen and oxygen atoms in total. The number of hydrogen-bond acceptors (Lipinski definition) is 4. The van der Waals surface area contributed by atoms with Crippen molar-refractivity contribution in [3.05, 3.63) is 18.0 Å². The van der Waals surface area contributed by atoms with Crippen molar-refractivity contribution in [2.75, 3.05) is 6.61 Å². The number of carbonyl (C=O) groups is 1. The molecule has 1 unspecified atom stereocenters. The van der Waals surface area contributed by atoms with E-state index in [1.165, 1.54) is 0 Å². The monoisotopic (exact) mass is 239 g/mol. The van der Waals surface area contributed by atoms with Gasteiger partial charge in [-0.1, -0.05) is 0 Å². The summed E-state index contributed by atoms with van der Waals surface area (Å²) in [6.45, 7) is 8.98. The molecule has 0 aliphatic carbocycles. The first kappa shape index (κ1) is 13.7. The Morgan fingerprint density at radius 2 is 2.24 bits per heavy atom. The second-order valence-corrected chi connectivity index (χ2v) is 4.14. The summed E-state index contributed by atoms with van der Waals surface area (Å²) in [4.78, 5) is 11.9. The van der Waals surface area contributed by atoms with Crippen molar-refractivity contribution in [1.82, 2.24) is 15.1 Å². The van der Waals surface area contributed by atoms with Gasteiger partial charge in [-0.3, -0.25) is 10.00 Å². The number of nitrogens with zero attached hydrogens (tertiary/aromatic N) is 2. The summed E-state index contributed by atoms with van der Waals surface area (Å²) in [7, 11) is 0. The lowest BCUT2D eigenvalue weighted by molar-refractivity contribution is -0.146. The maximum absolute atomic E-state index is 11.9. The summed E-state index contributed by atoms with van der Waals surface area (Å²) < 4.78 is 6.86. The van der Waals surface area contributed by atoms with Crippen molar-refractivity contribution in [2.24, 2.45) is 0 Å². The van der Waals surface area contributed by atoms with E-state index in [0.717, 1.165) is 12.1 Å². The Bertz CT molecular complexity index is 360. The Morgan fingerprint density at radius 1 is 1.53 bits per heavy atom. The number of aromatic nitrogens is 2. The summed E-state index contributed by atoms with van der Waals surface area (Å²) in [5, 5.41) is 7.36. The van der Waals surface area contributed by atoms with Crippen LogP contribution in [0.15, 0.2) is 12.4 Å². The van der Waals surface area contributed by atoms with Gasteiger partial charge < -0.3 is 4.74 Å². The zero-order chi connectivity index (χ0) is 12.8. The molecule has 0 amide bonds. The van der Waals surface area contributed by atoms with E-state index in [9.17, 15) is 4.79 Å². The van der Waals surface area contributed by atoms with Crippen molar-refractivity contribution in [1.29, 1.82) is 0 Å². The SMILES string of the molecule is CCOC(=O)C(NC(C)C)c1cnn(CC)c1. The number of nitrogens with one attached hydrogen (secondary N) is 1. The molecule has 0 aliphatic rings. The Morgan fingerprint density at radius 3 is 2.71 bits per heavy atom. The number of aryl methyl sites for hydroxylation is 1. The highest BCUT2D eigenvalue weighted by molar-refractivity contribution is 5.77. The molecule has 1 atom stereocenters. The van der Waals surface area contributed by atoms with Crippen LogP contribution in [0, 0.1) is 0 Å². The largest absolute Gasteiger partial charge is 0.465 e. The highest BCUT2D eigenvalue weighted by Crippen LogP contribution is 2.15. The smallest absolute Gasteiger partial charge is 0.327 e. The van der Waals surface area contributed by atoms with E-state index in [4.69, 9.17) is 4.74 Å². The third-order valence-electron chi connectivity index (χ3n) is 2.33. The number of hydrogen-bond donors (Lipinski definition) is 1. The van der Waals surface area contributed by atoms with Gasteiger partial charge in [0.2, 0.25) is 0 Å². The van der Waals surface area contributed by atoms with Crippen LogP contribution < -0.4 is 5.32 Å². The Labute approximate surface area is 102 Å². The zero-order valence-electron chi connectivity index (χ0n) is 10.9. The molecule has 0 saturated carbocycles. The first-order valence-electron chi connectivity index (χ1n) is 6.03. The predicted octanol–water partition coefficient (Wildman–Crippen LogP) is 1.51. The fraction of sp³-hybridized carbons (Fsp3) is 0.667. The first-order valence-corrected chi connectivity index (χ1v) is 6.03. The van der Waals surface area contributed by atoms with Crippen LogP contribution in [-0.4, -0.2) is 28.4 Å². The average Bonchev–Trinajstić information content (AvgIpc) is 2.74. The fourth-order valence-electron chi connectivity index (χ4n) is 1.56. The quantitative estimate of drug-likeness (QED) is 0.764. The molecule has 1 aromatic rings. The molecule has 0 spiro atoms. The highest BCUT2D eigenvalue weighted by Gasteiger charge is 2.23. The van der Waals surface area contributed by atoms with E-state index in [1.807, 2.05) is 27.0 Å². The highest BCUT2D eigenvalue weighted by atomic mass is 16.5. The van der Waals surface area contributed by atoms with Gasteiger partial charge >= 0.3 is 5.97 Å². The Kier molecular flexibility index (Phi) is 5.15. The molecule has 5 heteroatoms. The Hall–Kier alpha value is -1.36. The van der Waals surface area contributed by atoms with Crippen LogP contribution in [0.25, 0.3) is 0 Å². The lowest BCUT2D eigenvalue weighted by Gasteiger charge is -2.18. The third-order valence-corrected chi connectivity index (χ3v) is 2.33. The van der Waals surface area contributed by atoms with Gasteiger partial charge in [-0.15, -0.1) is 0 Å². The molecule has 1 rings (SSSR count). The molecule has 1 heterocycles. The molecule has 0 aromatic carbocycles. The van der Waals surface area contributed by atoms with Crippen molar-refractivity contribution in [3.8, 4) is 0 Å². The van der Waals surface area contributed by atoms with Gasteiger partial charge in [-0.25, -0.2) is 4.79 Å². The van der Waals surface area contributed by atoms with Gasteiger partial charge in [0, 0.05) is 24.3 Å². The minimum Gasteiger partial charge on any atom is -0.465 e. The van der Waals surface area contributed by atoms with Crippen molar-refractivity contribution < 1.29 is 9.53 Å². The second kappa shape index (κ2) is 6.39. The van der Waals surface area contributed by atoms with Crippen molar-refractivity contribution in [2.45, 2.75) is 46.3 Å². The third kappa shape index (κ3) is 3.85. The maximum Gasteiger partial charge on any atom is 0.327 e. The molecule has 0 fully saturated rings. The van der Waals surface area contributed by atoms with Gasteiger partial charge in [0.25, 0.3) is 0 Å². The van der Waals surface area contributed by atoms with Crippen LogP contribution in [0.4, 0.5) is 0 Å². The van der Waals surface area contributed by atoms with Crippen LogP contribution in [0.1, 0.15) is 39.3 Å². The molecule has 1 N–H and O–H groups in total. The maximum atomic E-state index is 11.9. The van der Waals surface area contributed by atoms with Gasteiger partial charge in [-0.05, 0) is 27.7 Å². The first-order chi connectivity index (χ1) is 8.08. The number of ether oxygens (including phenoxy) is 1. The molecule has 0 bridgehead atoms. The minimum atomic E-state index is -0.435. The van der Waals surface area contributed by atoms with Crippen molar-refractivity contribution >= 4 is 5.97 Å². The predicted molar refractivity (Wildman–Crippen MR) is 65.5 cm³/mol. The minimum absolute atomic E-state index is 0.203. The number of carbonyl (C=O) groups excluding carboxylic acids is 1. The summed E-state index contributed by atoms with van der Waals surface area (Å²) >= 11 is 0. The normalized spacial score (nSPS) is 12.8. The lowest BCUT2D eigenvalue weighted by atomic mass is 10.1. The van der Waals surface area contributed by atoms with Gasteiger partial charge in [-0.2, -0.15) is 5.10 Å². The average molecular weight is 239 g/mol. The summed E-state index contributed by atoms with van der Waals surface area (Å²) in [5.74, 6) is -0.253. The topological polar surface area (TPSA) is 56.1 Å². The van der Waals surface area contributed by atoms with E-state index in [0.29, 0.717) is 6.61 Å². The molecular weight excluding hydrogens is 218 g/mol. The van der Waals surface area contributed by atoms with E-state index >= 15 is 0 Å². The van der Waals surface area contributed by atoms with Crippen molar-refractivity contribution in [3.63, 3.8) is 0 Å². The number of esters is 1. The lowest BCUT2D eigenvalue weighted by Crippen LogP contribution is -2.34. The van der Waals surface area contributed by atoms with Crippen LogP contribution >= 0.6 is 0 Å². The standard InChI is InChI=1S/C12H21N3O2/c1-5-15-8-10(7-13-15)11(14-9(3)4)12(16)17-6-2/h7-9,11,14H,5-6H2,1-4H3. The molecule has 1 aromatic heterocycles. The fourth-order valence-corrected chi connectivity index (χ4v) is 1.56. The molecule has 0 saturated heterocycles. The molecule has 0 radical (unpaired) electrons. The number of rotatable bonds is 6. The van der Waals surface area contributed by atoms with Crippen LogP contribution in [0.2, 0.25) is 0 Å². The van der Waals surface area contributed by atoms with Gasteiger partial charge in [0.15, 0.2) is 0 Å². The van der Waals surface area contributed by atoms with E-state index in [2.05, 4.69) is 10.4 Å². The van der Waals surface area contributed by atoms with E-state index in [1.54, 1.807) is 17.8 Å². The molecular formula is C12H21N3O2.